The minimum absolute atomic E-state index is 0.0687. The molecule has 1 saturated carbocycles. The molecule has 6 nitrogen and oxygen atoms in total. The molecule has 2 aromatic rings. The molecule has 1 aromatic heterocycles. The fraction of sp³-hybridized carbons (Fsp3) is 0.400. The average Bonchev–Trinajstić information content (AvgIpc) is 2.89. The molecular formula is C15H17N3O3. The minimum atomic E-state index is -0.365. The normalized spacial score (nSPS) is 21.6. The zero-order valence-electron chi connectivity index (χ0n) is 11.5. The molecular weight excluding hydrogens is 270 g/mol. The average molecular weight is 287 g/mol. The van der Waals surface area contributed by atoms with Gasteiger partial charge in [0.1, 0.15) is 5.69 Å². The summed E-state index contributed by atoms with van der Waals surface area (Å²) in [5.41, 5.74) is 1.20. The van der Waals surface area contributed by atoms with E-state index in [2.05, 4.69) is 10.3 Å². The Labute approximate surface area is 122 Å². The Morgan fingerprint density at radius 3 is 2.95 bits per heavy atom. The lowest BCUT2D eigenvalue weighted by molar-refractivity contribution is -0.382. The number of benzene rings is 1. The largest absolute Gasteiger partial charge is 0.393 e. The molecule has 1 aromatic carbocycles. The van der Waals surface area contributed by atoms with Gasteiger partial charge in [0.15, 0.2) is 0 Å². The van der Waals surface area contributed by atoms with Gasteiger partial charge in [-0.15, -0.1) is 0 Å². The number of nitrogens with zero attached hydrogens (tertiary/aromatic N) is 2. The number of aromatic nitrogens is 1. The summed E-state index contributed by atoms with van der Waals surface area (Å²) in [6.07, 6.45) is 3.93. The van der Waals surface area contributed by atoms with Crippen molar-refractivity contribution in [1.82, 2.24) is 4.98 Å². The summed E-state index contributed by atoms with van der Waals surface area (Å²) in [5.74, 6) is 0.365. The second kappa shape index (κ2) is 5.65. The van der Waals surface area contributed by atoms with E-state index in [1.807, 2.05) is 0 Å². The Kier molecular flexibility index (Phi) is 3.70. The predicted octanol–water partition coefficient (Wildman–Crippen LogP) is 2.72. The number of hydrogen-bond acceptors (Lipinski definition) is 5. The van der Waals surface area contributed by atoms with E-state index in [-0.39, 0.29) is 16.7 Å². The Balaban J connectivity index is 1.87. The number of nitro groups is 1. The van der Waals surface area contributed by atoms with Crippen molar-refractivity contribution in [2.24, 2.45) is 5.92 Å². The first-order chi connectivity index (χ1) is 10.1. The van der Waals surface area contributed by atoms with E-state index in [1.165, 1.54) is 0 Å². The summed E-state index contributed by atoms with van der Waals surface area (Å²) < 4.78 is 0. The van der Waals surface area contributed by atoms with E-state index in [1.54, 1.807) is 30.5 Å². The van der Waals surface area contributed by atoms with E-state index in [0.29, 0.717) is 29.1 Å². The number of nitro benzene ring substituents is 1. The van der Waals surface area contributed by atoms with Gasteiger partial charge in [0.2, 0.25) is 0 Å². The highest BCUT2D eigenvalue weighted by Crippen LogP contribution is 2.33. The van der Waals surface area contributed by atoms with Crippen molar-refractivity contribution in [2.75, 3.05) is 11.9 Å². The molecule has 1 heterocycles. The van der Waals surface area contributed by atoms with Crippen LogP contribution in [0.15, 0.2) is 30.5 Å². The van der Waals surface area contributed by atoms with Gasteiger partial charge in [-0.3, -0.25) is 15.1 Å². The van der Waals surface area contributed by atoms with E-state index in [4.69, 9.17) is 0 Å². The van der Waals surface area contributed by atoms with Crippen molar-refractivity contribution in [2.45, 2.75) is 25.4 Å². The molecule has 1 fully saturated rings. The second-order valence-corrected chi connectivity index (χ2v) is 5.50. The third-order valence-electron chi connectivity index (χ3n) is 4.03. The Morgan fingerprint density at radius 1 is 1.38 bits per heavy atom. The van der Waals surface area contributed by atoms with Crippen molar-refractivity contribution in [3.8, 4) is 0 Å². The summed E-state index contributed by atoms with van der Waals surface area (Å²) in [6.45, 7) is 0.643. The van der Waals surface area contributed by atoms with Crippen LogP contribution >= 0.6 is 0 Å². The molecule has 2 atom stereocenters. The second-order valence-electron chi connectivity index (χ2n) is 5.50. The van der Waals surface area contributed by atoms with Crippen molar-refractivity contribution >= 4 is 22.3 Å². The molecule has 0 bridgehead atoms. The van der Waals surface area contributed by atoms with Gasteiger partial charge >= 0.3 is 5.69 Å². The topological polar surface area (TPSA) is 88.3 Å². The van der Waals surface area contributed by atoms with Crippen LogP contribution in [0, 0.1) is 16.0 Å². The van der Waals surface area contributed by atoms with Crippen molar-refractivity contribution in [3.63, 3.8) is 0 Å². The predicted molar refractivity (Wildman–Crippen MR) is 80.2 cm³/mol. The first-order valence-electron chi connectivity index (χ1n) is 7.09. The van der Waals surface area contributed by atoms with Gasteiger partial charge in [-0.2, -0.15) is 0 Å². The third kappa shape index (κ3) is 2.80. The summed E-state index contributed by atoms with van der Waals surface area (Å²) in [5, 5.41) is 24.6. The van der Waals surface area contributed by atoms with Gasteiger partial charge in [0.25, 0.3) is 0 Å². The third-order valence-corrected chi connectivity index (χ3v) is 4.03. The quantitative estimate of drug-likeness (QED) is 0.666. The maximum absolute atomic E-state index is 11.4. The monoisotopic (exact) mass is 287 g/mol. The molecule has 21 heavy (non-hydrogen) atoms. The zero-order chi connectivity index (χ0) is 14.8. The summed E-state index contributed by atoms with van der Waals surface area (Å²) in [4.78, 5) is 15.2. The number of pyridine rings is 1. The molecule has 6 heteroatoms. The number of fused-ring (bicyclic) bond motifs is 1. The van der Waals surface area contributed by atoms with Crippen molar-refractivity contribution in [1.29, 1.82) is 0 Å². The minimum Gasteiger partial charge on any atom is -0.393 e. The van der Waals surface area contributed by atoms with Gasteiger partial charge in [0, 0.05) is 12.7 Å². The summed E-state index contributed by atoms with van der Waals surface area (Å²) in [7, 11) is 0. The molecule has 2 N–H and O–H groups in total. The molecule has 0 aliphatic heterocycles. The van der Waals surface area contributed by atoms with E-state index in [9.17, 15) is 15.2 Å². The van der Waals surface area contributed by atoms with E-state index >= 15 is 0 Å². The van der Waals surface area contributed by atoms with Crippen LogP contribution in [0.25, 0.3) is 10.9 Å². The lowest BCUT2D eigenvalue weighted by Gasteiger charge is -2.13. The Bertz CT molecular complexity index is 674. The molecule has 1 aliphatic rings. The number of rotatable bonds is 4. The molecule has 1 aliphatic carbocycles. The highest BCUT2D eigenvalue weighted by molar-refractivity contribution is 5.94. The number of nitrogens with one attached hydrogen (secondary N) is 1. The maximum atomic E-state index is 11.4. The Morgan fingerprint density at radius 2 is 2.24 bits per heavy atom. The number of aliphatic hydroxyl groups is 1. The lowest BCUT2D eigenvalue weighted by atomic mass is 10.1. The first-order valence-corrected chi connectivity index (χ1v) is 7.09. The first kappa shape index (κ1) is 13.8. The van der Waals surface area contributed by atoms with Crippen LogP contribution in [0.1, 0.15) is 19.3 Å². The van der Waals surface area contributed by atoms with Gasteiger partial charge in [-0.05, 0) is 49.4 Å². The van der Waals surface area contributed by atoms with Crippen LogP contribution < -0.4 is 5.32 Å². The smallest absolute Gasteiger partial charge is 0.301 e. The van der Waals surface area contributed by atoms with Crippen LogP contribution in [0.2, 0.25) is 0 Å². The highest BCUT2D eigenvalue weighted by Gasteiger charge is 2.24. The molecule has 0 radical (unpaired) electrons. The van der Waals surface area contributed by atoms with Crippen LogP contribution in [0.3, 0.4) is 0 Å². The maximum Gasteiger partial charge on any atom is 0.301 e. The van der Waals surface area contributed by atoms with Gasteiger partial charge in [0.05, 0.1) is 21.9 Å². The van der Waals surface area contributed by atoms with Crippen LogP contribution in [0.5, 0.6) is 0 Å². The summed E-state index contributed by atoms with van der Waals surface area (Å²) >= 11 is 0. The van der Waals surface area contributed by atoms with Gasteiger partial charge in [-0.1, -0.05) is 0 Å². The van der Waals surface area contributed by atoms with E-state index < -0.39 is 0 Å². The molecule has 0 spiro atoms. The van der Waals surface area contributed by atoms with Crippen LogP contribution in [-0.4, -0.2) is 27.7 Å². The number of aliphatic hydroxyl groups excluding tert-OH is 1. The molecule has 2 unspecified atom stereocenters. The fourth-order valence-electron chi connectivity index (χ4n) is 2.96. The van der Waals surface area contributed by atoms with Crippen molar-refractivity contribution in [3.05, 3.63) is 40.6 Å². The number of anilines is 1. The van der Waals surface area contributed by atoms with Crippen LogP contribution in [-0.2, 0) is 0 Å². The van der Waals surface area contributed by atoms with E-state index in [0.717, 1.165) is 19.3 Å². The highest BCUT2D eigenvalue weighted by atomic mass is 16.6. The van der Waals surface area contributed by atoms with Crippen molar-refractivity contribution < 1.29 is 10.0 Å². The van der Waals surface area contributed by atoms with Crippen LogP contribution in [0.4, 0.5) is 11.4 Å². The van der Waals surface area contributed by atoms with Gasteiger partial charge in [-0.25, -0.2) is 0 Å². The molecule has 0 amide bonds. The van der Waals surface area contributed by atoms with Gasteiger partial charge < -0.3 is 10.4 Å². The molecule has 3 rings (SSSR count). The number of hydrogen-bond donors (Lipinski definition) is 2. The molecule has 0 saturated heterocycles. The lowest BCUT2D eigenvalue weighted by Crippen LogP contribution is -2.13. The summed E-state index contributed by atoms with van der Waals surface area (Å²) in [6, 6.07) is 6.91. The Hall–Kier alpha value is -2.21. The standard InChI is InChI=1S/C15H17N3O3/c19-11-4-3-10(8-11)9-17-14-6-5-13-12(2-1-7-16-13)15(14)18(20)21/h1-2,5-7,10-11,17,19H,3-4,8-9H2. The molecule has 110 valence electrons. The SMILES string of the molecule is O=[N+]([O-])c1c(NCC2CCC(O)C2)ccc2ncccc12. The fourth-order valence-corrected chi connectivity index (χ4v) is 2.96. The zero-order valence-corrected chi connectivity index (χ0v) is 11.5.